The number of H-pyrrole nitrogens is 1. The van der Waals surface area contributed by atoms with Crippen LogP contribution in [0.1, 0.15) is 17.0 Å². The van der Waals surface area contributed by atoms with Gasteiger partial charge in [-0.1, -0.05) is 41.9 Å². The van der Waals surface area contributed by atoms with E-state index in [9.17, 15) is 4.39 Å². The van der Waals surface area contributed by atoms with Gasteiger partial charge in [0.05, 0.1) is 16.9 Å². The number of hydrogen-bond acceptors (Lipinski definition) is 8. The van der Waals surface area contributed by atoms with Gasteiger partial charge in [0.15, 0.2) is 5.82 Å². The Morgan fingerprint density at radius 2 is 2.08 bits per heavy atom. The van der Waals surface area contributed by atoms with Crippen LogP contribution >= 0.6 is 23.1 Å². The number of nitrogens with one attached hydrogen (secondary N) is 1. The first-order valence-corrected chi connectivity index (χ1v) is 13.7. The molecule has 0 unspecified atom stereocenters. The highest BCUT2D eigenvalue weighted by molar-refractivity contribution is 7.05. The van der Waals surface area contributed by atoms with Crippen molar-refractivity contribution in [3.05, 3.63) is 70.1 Å². The summed E-state index contributed by atoms with van der Waals surface area (Å²) in [5.74, 6) is 1.90. The fraction of sp³-hybridized carbons (Fsp3) is 0.296. The fourth-order valence-electron chi connectivity index (χ4n) is 6.24. The number of aromatic amines is 1. The second kappa shape index (κ2) is 8.79. The summed E-state index contributed by atoms with van der Waals surface area (Å²) in [5, 5.41) is 8.95. The number of benzene rings is 2. The third kappa shape index (κ3) is 3.54. The van der Waals surface area contributed by atoms with Gasteiger partial charge in [-0.3, -0.25) is 5.10 Å². The molecule has 7 rings (SSSR count). The molecule has 1 aliphatic heterocycles. The van der Waals surface area contributed by atoms with E-state index in [2.05, 4.69) is 24.5 Å². The zero-order valence-electron chi connectivity index (χ0n) is 20.5. The molecule has 5 aromatic rings. The van der Waals surface area contributed by atoms with Crippen molar-refractivity contribution in [2.24, 2.45) is 17.6 Å². The average molecular weight is 547 g/mol. The average Bonchev–Trinajstić information content (AvgIpc) is 3.17. The maximum atomic E-state index is 14.7. The van der Waals surface area contributed by atoms with Gasteiger partial charge < -0.3 is 10.6 Å². The van der Waals surface area contributed by atoms with Crippen molar-refractivity contribution in [2.45, 2.75) is 18.8 Å². The van der Waals surface area contributed by atoms with Gasteiger partial charge in [-0.15, -0.1) is 0 Å². The van der Waals surface area contributed by atoms with E-state index in [1.165, 1.54) is 17.6 Å². The van der Waals surface area contributed by atoms with E-state index >= 15 is 0 Å². The van der Waals surface area contributed by atoms with Crippen molar-refractivity contribution in [1.82, 2.24) is 29.5 Å². The maximum absolute atomic E-state index is 14.7. The van der Waals surface area contributed by atoms with Crippen LogP contribution in [0, 0.1) is 24.6 Å². The van der Waals surface area contributed by atoms with Crippen LogP contribution in [-0.4, -0.2) is 49.2 Å². The van der Waals surface area contributed by atoms with Crippen molar-refractivity contribution in [1.29, 1.82) is 0 Å². The van der Waals surface area contributed by atoms with Crippen LogP contribution in [0.3, 0.4) is 0 Å². The molecule has 1 saturated carbocycles. The number of fused-ring (bicyclic) bond motifs is 2. The van der Waals surface area contributed by atoms with E-state index in [0.717, 1.165) is 47.0 Å². The summed E-state index contributed by atoms with van der Waals surface area (Å²) >= 11 is 8.02. The smallest absolute Gasteiger partial charge is 0.202 e. The molecule has 1 saturated heterocycles. The third-order valence-electron chi connectivity index (χ3n) is 8.14. The van der Waals surface area contributed by atoms with Gasteiger partial charge in [-0.2, -0.15) is 9.47 Å². The molecule has 38 heavy (non-hydrogen) atoms. The number of halogens is 2. The van der Waals surface area contributed by atoms with Crippen LogP contribution in [0.2, 0.25) is 5.02 Å². The van der Waals surface area contributed by atoms with E-state index in [-0.39, 0.29) is 17.2 Å². The first-order chi connectivity index (χ1) is 18.5. The van der Waals surface area contributed by atoms with Gasteiger partial charge in [0.25, 0.3) is 0 Å². The monoisotopic (exact) mass is 546 g/mol. The molecular weight excluding hydrogens is 523 g/mol. The van der Waals surface area contributed by atoms with E-state index < -0.39 is 0 Å². The molecular formula is C27H24ClFN8S. The first kappa shape index (κ1) is 23.6. The van der Waals surface area contributed by atoms with Crippen molar-refractivity contribution in [3.63, 3.8) is 0 Å². The lowest BCUT2D eigenvalue weighted by Gasteiger charge is -2.26. The summed E-state index contributed by atoms with van der Waals surface area (Å²) in [5.41, 5.74) is 10.2. The highest BCUT2D eigenvalue weighted by Crippen LogP contribution is 2.63. The molecule has 2 aliphatic rings. The molecule has 0 radical (unpaired) electrons. The molecule has 0 bridgehead atoms. The summed E-state index contributed by atoms with van der Waals surface area (Å²) in [6.07, 6.45) is 2.71. The summed E-state index contributed by atoms with van der Waals surface area (Å²) in [7, 11) is 0. The number of rotatable bonds is 5. The molecule has 0 spiro atoms. The predicted molar refractivity (Wildman–Crippen MR) is 147 cm³/mol. The molecule has 1 aliphatic carbocycles. The Balaban J connectivity index is 1.16. The minimum Gasteiger partial charge on any atom is -0.355 e. The zero-order chi connectivity index (χ0) is 26.0. The number of nitrogens with two attached hydrogens (primary N) is 1. The number of anilines is 1. The Hall–Kier alpha value is -3.47. The standard InChI is InChI=1S/C27H24ClFN8S/c1-14-32-25(36-38-14)15-6-7-16(20(28)10-15)23-24-26(35-34-23)33-22(11-31-24)37-9-8-17-19(12-37)27(17,13-30)18-4-2-3-5-21(18)29/h2-7,10-11,17,19H,8-9,12-13,30H2,1H3,(H,33,34,35)/t17-,19+,27-/m1/s1. The molecule has 3 N–H and O–H groups in total. The van der Waals surface area contributed by atoms with Gasteiger partial charge in [0.2, 0.25) is 5.65 Å². The minimum atomic E-state index is -0.313. The Bertz CT molecular complexity index is 1680. The van der Waals surface area contributed by atoms with E-state index in [4.69, 9.17) is 27.3 Å². The van der Waals surface area contributed by atoms with Crippen LogP contribution in [-0.2, 0) is 5.41 Å². The Kier molecular flexibility index (Phi) is 5.47. The molecule has 2 aromatic carbocycles. The molecule has 4 heterocycles. The Morgan fingerprint density at radius 1 is 1.21 bits per heavy atom. The van der Waals surface area contributed by atoms with Gasteiger partial charge in [0.1, 0.15) is 22.2 Å². The first-order valence-electron chi connectivity index (χ1n) is 12.5. The van der Waals surface area contributed by atoms with E-state index in [1.807, 2.05) is 37.3 Å². The van der Waals surface area contributed by atoms with Crippen molar-refractivity contribution in [2.75, 3.05) is 24.5 Å². The molecule has 8 nitrogen and oxygen atoms in total. The number of piperidine rings is 1. The molecule has 3 aromatic heterocycles. The highest BCUT2D eigenvalue weighted by Gasteiger charge is 2.66. The SMILES string of the molecule is Cc1nc(-c2ccc(-c3[nH]nc4nc(N5CC[C@@H]6[C@H](C5)[C@@]6(CN)c5ccccc5F)cnc34)c(Cl)c2)ns1. The zero-order valence-corrected chi connectivity index (χ0v) is 22.1. The quantitative estimate of drug-likeness (QED) is 0.319. The molecule has 3 atom stereocenters. The number of aryl methyl sites for hydroxylation is 1. The van der Waals surface area contributed by atoms with E-state index in [0.29, 0.717) is 40.2 Å². The molecule has 192 valence electrons. The lowest BCUT2D eigenvalue weighted by Crippen LogP contribution is -2.32. The third-order valence-corrected chi connectivity index (χ3v) is 9.07. The maximum Gasteiger partial charge on any atom is 0.202 e. The second-order valence-corrected chi connectivity index (χ2v) is 11.4. The van der Waals surface area contributed by atoms with Crippen molar-refractivity contribution >= 4 is 40.1 Å². The van der Waals surface area contributed by atoms with Gasteiger partial charge in [0, 0.05) is 36.2 Å². The largest absolute Gasteiger partial charge is 0.355 e. The topological polar surface area (TPSA) is 110 Å². The number of aromatic nitrogens is 6. The highest BCUT2D eigenvalue weighted by atomic mass is 35.5. The summed E-state index contributed by atoms with van der Waals surface area (Å²) in [4.78, 5) is 16.2. The fourth-order valence-corrected chi connectivity index (χ4v) is 7.00. The molecule has 11 heteroatoms. The van der Waals surface area contributed by atoms with Crippen LogP contribution in [0.25, 0.3) is 33.8 Å². The van der Waals surface area contributed by atoms with Crippen LogP contribution in [0.15, 0.2) is 48.7 Å². The van der Waals surface area contributed by atoms with Gasteiger partial charge >= 0.3 is 0 Å². The van der Waals surface area contributed by atoms with E-state index in [1.54, 1.807) is 12.3 Å². The lowest BCUT2D eigenvalue weighted by molar-refractivity contribution is 0.533. The second-order valence-electron chi connectivity index (χ2n) is 10.0. The van der Waals surface area contributed by atoms with Gasteiger partial charge in [-0.05, 0) is 54.4 Å². The lowest BCUT2D eigenvalue weighted by atomic mass is 9.91. The number of nitrogens with zero attached hydrogens (tertiary/aromatic N) is 6. The van der Waals surface area contributed by atoms with Crippen LogP contribution in [0.5, 0.6) is 0 Å². The Morgan fingerprint density at radius 3 is 2.84 bits per heavy atom. The van der Waals surface area contributed by atoms with Crippen LogP contribution in [0.4, 0.5) is 10.2 Å². The summed E-state index contributed by atoms with van der Waals surface area (Å²) in [6, 6.07) is 12.7. The predicted octanol–water partition coefficient (Wildman–Crippen LogP) is 4.99. The minimum absolute atomic E-state index is 0.172. The van der Waals surface area contributed by atoms with Crippen LogP contribution < -0.4 is 10.6 Å². The Labute approximate surface area is 227 Å². The van der Waals surface area contributed by atoms with Crippen molar-refractivity contribution < 1.29 is 4.39 Å². The summed E-state index contributed by atoms with van der Waals surface area (Å²) < 4.78 is 19.1. The summed E-state index contributed by atoms with van der Waals surface area (Å²) in [6.45, 7) is 3.92. The van der Waals surface area contributed by atoms with Gasteiger partial charge in [-0.25, -0.2) is 19.3 Å². The number of hydrogen-bond donors (Lipinski definition) is 2. The molecule has 2 fully saturated rings. The normalized spacial score (nSPS) is 22.6. The molecule has 0 amide bonds. The van der Waals surface area contributed by atoms with Crippen molar-refractivity contribution in [3.8, 4) is 22.6 Å².